The molecule has 1 aliphatic rings. The molecule has 1 aliphatic heterocycles. The second kappa shape index (κ2) is 5.12. The summed E-state index contributed by atoms with van der Waals surface area (Å²) < 4.78 is 5.54. The van der Waals surface area contributed by atoms with Crippen LogP contribution in [-0.4, -0.2) is 43.3 Å². The van der Waals surface area contributed by atoms with E-state index in [1.165, 1.54) is 6.42 Å². The molecule has 88 valence electrons. The van der Waals surface area contributed by atoms with Gasteiger partial charge in [0.05, 0.1) is 6.10 Å². The second-order valence-electron chi connectivity index (χ2n) is 4.17. The zero-order valence-electron chi connectivity index (χ0n) is 9.81. The molecule has 1 N–H and O–H groups in total. The molecule has 0 radical (unpaired) electrons. The van der Waals surface area contributed by atoms with E-state index in [0.29, 0.717) is 6.10 Å². The number of aromatic nitrogens is 2. The SMILES string of the molecule is CN(C)c1cc(NCC2CCCO2)ncn1. The van der Waals surface area contributed by atoms with Gasteiger partial charge in [-0.2, -0.15) is 0 Å². The van der Waals surface area contributed by atoms with Gasteiger partial charge in [0.2, 0.25) is 0 Å². The van der Waals surface area contributed by atoms with Crippen LogP contribution in [0.3, 0.4) is 0 Å². The van der Waals surface area contributed by atoms with Crippen molar-refractivity contribution in [2.75, 3.05) is 37.5 Å². The highest BCUT2D eigenvalue weighted by atomic mass is 16.5. The Morgan fingerprint density at radius 1 is 1.50 bits per heavy atom. The van der Waals surface area contributed by atoms with Gasteiger partial charge in [0.1, 0.15) is 18.0 Å². The molecule has 1 saturated heterocycles. The number of nitrogens with zero attached hydrogens (tertiary/aromatic N) is 3. The number of hydrogen-bond acceptors (Lipinski definition) is 5. The lowest BCUT2D eigenvalue weighted by atomic mass is 10.2. The van der Waals surface area contributed by atoms with E-state index in [1.54, 1.807) is 6.33 Å². The van der Waals surface area contributed by atoms with E-state index in [4.69, 9.17) is 4.74 Å². The first-order valence-corrected chi connectivity index (χ1v) is 5.60. The van der Waals surface area contributed by atoms with Crippen molar-refractivity contribution in [3.63, 3.8) is 0 Å². The molecule has 1 unspecified atom stereocenters. The fourth-order valence-corrected chi connectivity index (χ4v) is 1.71. The topological polar surface area (TPSA) is 50.3 Å². The van der Waals surface area contributed by atoms with Crippen molar-refractivity contribution < 1.29 is 4.74 Å². The van der Waals surface area contributed by atoms with Crippen molar-refractivity contribution in [1.29, 1.82) is 0 Å². The summed E-state index contributed by atoms with van der Waals surface area (Å²) in [5.41, 5.74) is 0. The number of hydrogen-bond donors (Lipinski definition) is 1. The molecule has 5 nitrogen and oxygen atoms in total. The quantitative estimate of drug-likeness (QED) is 0.827. The maximum Gasteiger partial charge on any atom is 0.133 e. The molecule has 16 heavy (non-hydrogen) atoms. The minimum absolute atomic E-state index is 0.331. The molecule has 0 amide bonds. The van der Waals surface area contributed by atoms with Crippen LogP contribution in [0.4, 0.5) is 11.6 Å². The zero-order chi connectivity index (χ0) is 11.4. The molecule has 1 fully saturated rings. The van der Waals surface area contributed by atoms with Gasteiger partial charge in [0.25, 0.3) is 0 Å². The van der Waals surface area contributed by atoms with E-state index in [1.807, 2.05) is 25.1 Å². The van der Waals surface area contributed by atoms with Gasteiger partial charge in [-0.15, -0.1) is 0 Å². The lowest BCUT2D eigenvalue weighted by Crippen LogP contribution is -2.19. The highest BCUT2D eigenvalue weighted by molar-refractivity contribution is 5.47. The van der Waals surface area contributed by atoms with Crippen LogP contribution in [0.2, 0.25) is 0 Å². The van der Waals surface area contributed by atoms with Crippen LogP contribution in [0, 0.1) is 0 Å². The van der Waals surface area contributed by atoms with Crippen LogP contribution in [0.5, 0.6) is 0 Å². The molecule has 5 heteroatoms. The highest BCUT2D eigenvalue weighted by Crippen LogP contribution is 2.14. The van der Waals surface area contributed by atoms with Crippen LogP contribution in [0.15, 0.2) is 12.4 Å². The summed E-state index contributed by atoms with van der Waals surface area (Å²) in [7, 11) is 3.93. The number of ether oxygens (including phenoxy) is 1. The predicted octanol–water partition coefficient (Wildman–Crippen LogP) is 1.13. The van der Waals surface area contributed by atoms with Crippen molar-refractivity contribution in [2.45, 2.75) is 18.9 Å². The smallest absolute Gasteiger partial charge is 0.133 e. The molecule has 0 aliphatic carbocycles. The van der Waals surface area contributed by atoms with E-state index < -0.39 is 0 Å². The van der Waals surface area contributed by atoms with E-state index in [9.17, 15) is 0 Å². The Balaban J connectivity index is 1.90. The average Bonchev–Trinajstić information content (AvgIpc) is 2.79. The van der Waals surface area contributed by atoms with Gasteiger partial charge in [0, 0.05) is 33.3 Å². The average molecular weight is 222 g/mol. The van der Waals surface area contributed by atoms with E-state index in [2.05, 4.69) is 15.3 Å². The van der Waals surface area contributed by atoms with E-state index in [0.717, 1.165) is 31.2 Å². The largest absolute Gasteiger partial charge is 0.376 e. The standard InChI is InChI=1S/C11H18N4O/c1-15(2)11-6-10(13-8-14-11)12-7-9-4-3-5-16-9/h6,8-9H,3-5,7H2,1-2H3,(H,12,13,14). The van der Waals surface area contributed by atoms with Crippen LogP contribution in [0.25, 0.3) is 0 Å². The summed E-state index contributed by atoms with van der Waals surface area (Å²) in [4.78, 5) is 10.3. The number of anilines is 2. The maximum absolute atomic E-state index is 5.54. The molecule has 0 bridgehead atoms. The molecule has 0 spiro atoms. The van der Waals surface area contributed by atoms with Crippen LogP contribution < -0.4 is 10.2 Å². The first-order chi connectivity index (χ1) is 7.75. The summed E-state index contributed by atoms with van der Waals surface area (Å²) in [5, 5.41) is 3.28. The van der Waals surface area contributed by atoms with Crippen molar-refractivity contribution >= 4 is 11.6 Å². The van der Waals surface area contributed by atoms with Crippen LogP contribution >= 0.6 is 0 Å². The molecular weight excluding hydrogens is 204 g/mol. The van der Waals surface area contributed by atoms with Crippen molar-refractivity contribution in [2.24, 2.45) is 0 Å². The molecule has 0 saturated carbocycles. The third-order valence-corrected chi connectivity index (χ3v) is 2.65. The summed E-state index contributed by atoms with van der Waals surface area (Å²) in [5.74, 6) is 1.76. The minimum atomic E-state index is 0.331. The zero-order valence-corrected chi connectivity index (χ0v) is 9.81. The van der Waals surface area contributed by atoms with Crippen molar-refractivity contribution in [1.82, 2.24) is 9.97 Å². The monoisotopic (exact) mass is 222 g/mol. The van der Waals surface area contributed by atoms with Gasteiger partial charge >= 0.3 is 0 Å². The Morgan fingerprint density at radius 2 is 2.38 bits per heavy atom. The van der Waals surface area contributed by atoms with Crippen LogP contribution in [-0.2, 0) is 4.74 Å². The third kappa shape index (κ3) is 2.82. The van der Waals surface area contributed by atoms with E-state index in [-0.39, 0.29) is 0 Å². The van der Waals surface area contributed by atoms with Crippen molar-refractivity contribution in [3.8, 4) is 0 Å². The third-order valence-electron chi connectivity index (χ3n) is 2.65. The maximum atomic E-state index is 5.54. The molecule has 1 atom stereocenters. The lowest BCUT2D eigenvalue weighted by molar-refractivity contribution is 0.120. The Kier molecular flexibility index (Phi) is 3.56. The number of rotatable bonds is 4. The summed E-state index contributed by atoms with van der Waals surface area (Å²) in [6, 6.07) is 1.94. The molecule has 2 rings (SSSR count). The van der Waals surface area contributed by atoms with Crippen LogP contribution in [0.1, 0.15) is 12.8 Å². The van der Waals surface area contributed by atoms with Crippen molar-refractivity contribution in [3.05, 3.63) is 12.4 Å². The molecule has 2 heterocycles. The van der Waals surface area contributed by atoms with Gasteiger partial charge in [-0.05, 0) is 12.8 Å². The molecule has 0 aromatic carbocycles. The fourth-order valence-electron chi connectivity index (χ4n) is 1.71. The van der Waals surface area contributed by atoms with Gasteiger partial charge in [-0.25, -0.2) is 9.97 Å². The Labute approximate surface area is 95.8 Å². The highest BCUT2D eigenvalue weighted by Gasteiger charge is 2.15. The summed E-state index contributed by atoms with van der Waals surface area (Å²) in [6.07, 6.45) is 4.21. The summed E-state index contributed by atoms with van der Waals surface area (Å²) in [6.45, 7) is 1.71. The first-order valence-electron chi connectivity index (χ1n) is 5.60. The van der Waals surface area contributed by atoms with Gasteiger partial charge in [0.15, 0.2) is 0 Å². The van der Waals surface area contributed by atoms with Gasteiger partial charge < -0.3 is 15.0 Å². The minimum Gasteiger partial charge on any atom is -0.376 e. The predicted molar refractivity (Wildman–Crippen MR) is 63.8 cm³/mol. The second-order valence-corrected chi connectivity index (χ2v) is 4.17. The fraction of sp³-hybridized carbons (Fsp3) is 0.636. The lowest BCUT2D eigenvalue weighted by Gasteiger charge is -2.14. The Bertz CT molecular complexity index is 337. The van der Waals surface area contributed by atoms with E-state index >= 15 is 0 Å². The Hall–Kier alpha value is -1.36. The summed E-state index contributed by atoms with van der Waals surface area (Å²) >= 11 is 0. The van der Waals surface area contributed by atoms with Gasteiger partial charge in [-0.3, -0.25) is 0 Å². The Morgan fingerprint density at radius 3 is 3.06 bits per heavy atom. The normalized spacial score (nSPS) is 19.8. The molecule has 1 aromatic rings. The first kappa shape index (κ1) is 11.1. The molecule has 1 aromatic heterocycles. The molecular formula is C11H18N4O. The number of nitrogens with one attached hydrogen (secondary N) is 1. The van der Waals surface area contributed by atoms with Gasteiger partial charge in [-0.1, -0.05) is 0 Å².